The maximum Gasteiger partial charge on any atom is 0.225 e. The van der Waals surface area contributed by atoms with Crippen molar-refractivity contribution in [2.45, 2.75) is 32.7 Å². The molecule has 1 aliphatic rings. The first kappa shape index (κ1) is 13.5. The topological polar surface area (TPSA) is 49.6 Å². The molecule has 0 spiro atoms. The minimum Gasteiger partial charge on any atom is -0.343 e. The van der Waals surface area contributed by atoms with Crippen molar-refractivity contribution in [1.82, 2.24) is 9.80 Å². The van der Waals surface area contributed by atoms with Crippen LogP contribution in [-0.4, -0.2) is 55.0 Å². The van der Waals surface area contributed by atoms with Crippen LogP contribution in [0.1, 0.15) is 26.7 Å². The van der Waals surface area contributed by atoms with Crippen molar-refractivity contribution >= 4 is 5.91 Å². The molecule has 1 aliphatic heterocycles. The van der Waals surface area contributed by atoms with Gasteiger partial charge >= 0.3 is 0 Å². The third-order valence-corrected chi connectivity index (χ3v) is 3.50. The van der Waals surface area contributed by atoms with Gasteiger partial charge in [-0.15, -0.1) is 0 Å². The highest BCUT2D eigenvalue weighted by molar-refractivity contribution is 5.78. The number of piperidine rings is 1. The van der Waals surface area contributed by atoms with Crippen LogP contribution in [0.25, 0.3) is 0 Å². The number of carbonyl (C=O) groups is 1. The summed E-state index contributed by atoms with van der Waals surface area (Å²) < 4.78 is 0. The number of hydrogen-bond acceptors (Lipinski definition) is 3. The fourth-order valence-corrected chi connectivity index (χ4v) is 2.13. The van der Waals surface area contributed by atoms with Crippen molar-refractivity contribution in [1.29, 1.82) is 0 Å². The van der Waals surface area contributed by atoms with Gasteiger partial charge in [-0.05, 0) is 39.8 Å². The van der Waals surface area contributed by atoms with Crippen molar-refractivity contribution in [2.24, 2.45) is 11.7 Å². The quantitative estimate of drug-likeness (QED) is 0.762. The van der Waals surface area contributed by atoms with Gasteiger partial charge < -0.3 is 15.5 Å². The standard InChI is InChI=1S/C12H25N3O/c1-10(2)14(3)12(16)11-4-7-15(8-5-11)9-6-13/h10-11H,4-9,13H2,1-3H3. The third kappa shape index (κ3) is 3.46. The van der Waals surface area contributed by atoms with Crippen LogP contribution in [0, 0.1) is 5.92 Å². The Morgan fingerprint density at radius 3 is 2.44 bits per heavy atom. The fraction of sp³-hybridized carbons (Fsp3) is 0.917. The first-order valence-corrected chi connectivity index (χ1v) is 6.25. The lowest BCUT2D eigenvalue weighted by molar-refractivity contribution is -0.137. The van der Waals surface area contributed by atoms with E-state index in [-0.39, 0.29) is 5.92 Å². The van der Waals surface area contributed by atoms with Gasteiger partial charge in [0.1, 0.15) is 0 Å². The van der Waals surface area contributed by atoms with Crippen LogP contribution in [0.15, 0.2) is 0 Å². The van der Waals surface area contributed by atoms with Crippen LogP contribution >= 0.6 is 0 Å². The van der Waals surface area contributed by atoms with Crippen LogP contribution in [0.4, 0.5) is 0 Å². The minimum absolute atomic E-state index is 0.224. The largest absolute Gasteiger partial charge is 0.343 e. The molecule has 0 aliphatic carbocycles. The van der Waals surface area contributed by atoms with Gasteiger partial charge in [-0.3, -0.25) is 4.79 Å². The molecule has 0 aromatic heterocycles. The predicted octanol–water partition coefficient (Wildman–Crippen LogP) is 0.524. The van der Waals surface area contributed by atoms with E-state index in [0.717, 1.165) is 32.5 Å². The Bertz CT molecular complexity index is 222. The summed E-state index contributed by atoms with van der Waals surface area (Å²) in [4.78, 5) is 16.3. The normalized spacial score (nSPS) is 19.1. The van der Waals surface area contributed by atoms with Crippen molar-refractivity contribution in [3.05, 3.63) is 0 Å². The van der Waals surface area contributed by atoms with E-state index in [4.69, 9.17) is 5.73 Å². The summed E-state index contributed by atoms with van der Waals surface area (Å²) in [5, 5.41) is 0. The van der Waals surface area contributed by atoms with E-state index in [1.54, 1.807) is 0 Å². The molecular formula is C12H25N3O. The molecule has 1 amide bonds. The van der Waals surface area contributed by atoms with Crippen LogP contribution in [-0.2, 0) is 4.79 Å². The van der Waals surface area contributed by atoms with Gasteiger partial charge in [0.25, 0.3) is 0 Å². The van der Waals surface area contributed by atoms with E-state index in [0.29, 0.717) is 18.5 Å². The van der Waals surface area contributed by atoms with Crippen LogP contribution in [0.3, 0.4) is 0 Å². The van der Waals surface area contributed by atoms with E-state index < -0.39 is 0 Å². The van der Waals surface area contributed by atoms with Gasteiger partial charge in [0, 0.05) is 32.1 Å². The summed E-state index contributed by atoms with van der Waals surface area (Å²) >= 11 is 0. The van der Waals surface area contributed by atoms with E-state index in [1.807, 2.05) is 11.9 Å². The van der Waals surface area contributed by atoms with Crippen LogP contribution < -0.4 is 5.73 Å². The lowest BCUT2D eigenvalue weighted by Crippen LogP contribution is -2.44. The van der Waals surface area contributed by atoms with Gasteiger partial charge in [0.2, 0.25) is 5.91 Å². The average molecular weight is 227 g/mol. The molecule has 0 aromatic rings. The summed E-state index contributed by atoms with van der Waals surface area (Å²) in [5.41, 5.74) is 5.52. The molecule has 16 heavy (non-hydrogen) atoms. The molecule has 2 N–H and O–H groups in total. The lowest BCUT2D eigenvalue weighted by atomic mass is 9.95. The van der Waals surface area contributed by atoms with E-state index in [2.05, 4.69) is 18.7 Å². The third-order valence-electron chi connectivity index (χ3n) is 3.50. The Morgan fingerprint density at radius 2 is 2.00 bits per heavy atom. The molecular weight excluding hydrogens is 202 g/mol. The Morgan fingerprint density at radius 1 is 1.44 bits per heavy atom. The number of rotatable bonds is 4. The second kappa shape index (κ2) is 6.21. The molecule has 0 atom stereocenters. The van der Waals surface area contributed by atoms with E-state index >= 15 is 0 Å². The summed E-state index contributed by atoms with van der Waals surface area (Å²) in [7, 11) is 1.90. The molecule has 1 heterocycles. The molecule has 1 saturated heterocycles. The number of hydrogen-bond donors (Lipinski definition) is 1. The van der Waals surface area contributed by atoms with Crippen LogP contribution in [0.5, 0.6) is 0 Å². The zero-order valence-electron chi connectivity index (χ0n) is 10.8. The van der Waals surface area contributed by atoms with Crippen LogP contribution in [0.2, 0.25) is 0 Å². The smallest absolute Gasteiger partial charge is 0.225 e. The lowest BCUT2D eigenvalue weighted by Gasteiger charge is -2.34. The molecule has 4 nitrogen and oxygen atoms in total. The number of likely N-dealkylation sites (tertiary alicyclic amines) is 1. The monoisotopic (exact) mass is 227 g/mol. The van der Waals surface area contributed by atoms with Gasteiger partial charge in [-0.1, -0.05) is 0 Å². The number of nitrogens with two attached hydrogens (primary N) is 1. The Balaban J connectivity index is 2.38. The Hall–Kier alpha value is -0.610. The first-order chi connectivity index (χ1) is 7.56. The van der Waals surface area contributed by atoms with Crippen molar-refractivity contribution < 1.29 is 4.79 Å². The molecule has 0 radical (unpaired) electrons. The highest BCUT2D eigenvalue weighted by Gasteiger charge is 2.27. The Labute approximate surface area is 98.8 Å². The predicted molar refractivity (Wildman–Crippen MR) is 66.1 cm³/mol. The number of carbonyl (C=O) groups excluding carboxylic acids is 1. The summed E-state index contributed by atoms with van der Waals surface area (Å²) in [6, 6.07) is 0.301. The van der Waals surface area contributed by atoms with Crippen molar-refractivity contribution in [3.63, 3.8) is 0 Å². The molecule has 4 heteroatoms. The maximum atomic E-state index is 12.1. The highest BCUT2D eigenvalue weighted by atomic mass is 16.2. The van der Waals surface area contributed by atoms with Crippen molar-refractivity contribution in [2.75, 3.05) is 33.2 Å². The molecule has 0 saturated carbocycles. The summed E-state index contributed by atoms with van der Waals surface area (Å²) in [6.45, 7) is 7.81. The molecule has 0 unspecified atom stereocenters. The molecule has 0 aromatic carbocycles. The first-order valence-electron chi connectivity index (χ1n) is 6.25. The van der Waals surface area contributed by atoms with Crippen molar-refractivity contribution in [3.8, 4) is 0 Å². The van der Waals surface area contributed by atoms with Gasteiger partial charge in [0.05, 0.1) is 0 Å². The molecule has 94 valence electrons. The Kier molecular flexibility index (Phi) is 5.22. The zero-order chi connectivity index (χ0) is 12.1. The average Bonchev–Trinajstić information content (AvgIpc) is 2.28. The van der Waals surface area contributed by atoms with Gasteiger partial charge in [0.15, 0.2) is 0 Å². The van der Waals surface area contributed by atoms with E-state index in [9.17, 15) is 4.79 Å². The maximum absolute atomic E-state index is 12.1. The minimum atomic E-state index is 0.224. The van der Waals surface area contributed by atoms with Gasteiger partial charge in [-0.2, -0.15) is 0 Å². The fourth-order valence-electron chi connectivity index (χ4n) is 2.13. The second-order valence-corrected chi connectivity index (χ2v) is 4.95. The second-order valence-electron chi connectivity index (χ2n) is 4.95. The summed E-state index contributed by atoms with van der Waals surface area (Å²) in [6.07, 6.45) is 1.96. The molecule has 0 bridgehead atoms. The SMILES string of the molecule is CC(C)N(C)C(=O)C1CCN(CCN)CC1. The molecule has 1 fully saturated rings. The highest BCUT2D eigenvalue weighted by Crippen LogP contribution is 2.19. The number of amides is 1. The summed E-state index contributed by atoms with van der Waals surface area (Å²) in [5.74, 6) is 0.531. The zero-order valence-corrected chi connectivity index (χ0v) is 10.8. The van der Waals surface area contributed by atoms with Gasteiger partial charge in [-0.25, -0.2) is 0 Å². The molecule has 1 rings (SSSR count). The number of nitrogens with zero attached hydrogens (tertiary/aromatic N) is 2. The van der Waals surface area contributed by atoms with E-state index in [1.165, 1.54) is 0 Å².